The zero-order valence-electron chi connectivity index (χ0n) is 8.14. The molecule has 0 bridgehead atoms. The summed E-state index contributed by atoms with van der Waals surface area (Å²) in [5.74, 6) is -0.190. The van der Waals surface area contributed by atoms with E-state index in [0.29, 0.717) is 16.3 Å². The van der Waals surface area contributed by atoms with E-state index in [1.807, 2.05) is 30.3 Å². The number of para-hydroxylation sites is 1. The quantitative estimate of drug-likeness (QED) is 0.606. The average Bonchev–Trinajstić information content (AvgIpc) is 2.79. The average molecular weight is 210 g/mol. The second-order valence-electron chi connectivity index (χ2n) is 3.40. The summed E-state index contributed by atoms with van der Waals surface area (Å²) in [4.78, 5) is 4.32. The number of fused-ring (bicyclic) bond motifs is 3. The van der Waals surface area contributed by atoms with Gasteiger partial charge in [-0.2, -0.15) is 5.26 Å². The van der Waals surface area contributed by atoms with Gasteiger partial charge in [-0.05, 0) is 6.07 Å². The van der Waals surface area contributed by atoms with Crippen molar-refractivity contribution in [2.45, 2.75) is 0 Å². The minimum Gasteiger partial charge on any atom is -0.480 e. The van der Waals surface area contributed by atoms with Gasteiger partial charge in [0.1, 0.15) is 5.36 Å². The minimum absolute atomic E-state index is 0.190. The van der Waals surface area contributed by atoms with Crippen molar-refractivity contribution in [3.05, 3.63) is 35.0 Å². The van der Waals surface area contributed by atoms with Crippen molar-refractivity contribution >= 4 is 11.8 Å². The number of nitrogens with zero attached hydrogens (tertiary/aromatic N) is 2. The van der Waals surface area contributed by atoms with Crippen molar-refractivity contribution in [2.75, 3.05) is 0 Å². The highest BCUT2D eigenvalue weighted by Gasteiger charge is 2.21. The molecule has 1 aliphatic heterocycles. The second-order valence-corrected chi connectivity index (χ2v) is 3.40. The summed E-state index contributed by atoms with van der Waals surface area (Å²) < 4.78 is 5.07. The van der Waals surface area contributed by atoms with E-state index in [-0.39, 0.29) is 5.95 Å². The first kappa shape index (κ1) is 8.74. The van der Waals surface area contributed by atoms with Crippen LogP contribution in [0.15, 0.2) is 33.7 Å². The van der Waals surface area contributed by atoms with Gasteiger partial charge >= 0.3 is 0 Å². The topological polar surface area (TPSA) is 69.5 Å². The number of hydrogen-bond donors (Lipinski definition) is 1. The van der Waals surface area contributed by atoms with Crippen LogP contribution < -0.4 is 10.8 Å². The lowest BCUT2D eigenvalue weighted by Gasteiger charge is -1.95. The zero-order chi connectivity index (χ0) is 11.1. The molecule has 0 spiro atoms. The molecular weight excluding hydrogens is 204 g/mol. The molecule has 1 N–H and O–H groups in total. The molecule has 1 aliphatic rings. The number of hydrogen-bond acceptors (Lipinski definition) is 4. The van der Waals surface area contributed by atoms with E-state index in [4.69, 9.17) is 9.68 Å². The van der Waals surface area contributed by atoms with Crippen LogP contribution in [0.25, 0.3) is 17.2 Å². The van der Waals surface area contributed by atoms with Crippen LogP contribution in [-0.4, -0.2) is 5.11 Å². The van der Waals surface area contributed by atoms with Crippen LogP contribution in [0.1, 0.15) is 0 Å². The van der Waals surface area contributed by atoms with Crippen molar-refractivity contribution in [2.24, 2.45) is 4.99 Å². The molecule has 0 radical (unpaired) electrons. The minimum atomic E-state index is -0.190. The molecule has 16 heavy (non-hydrogen) atoms. The molecule has 0 fully saturated rings. The van der Waals surface area contributed by atoms with Gasteiger partial charge in [0.2, 0.25) is 0 Å². The Labute approximate surface area is 90.4 Å². The Hall–Kier alpha value is -2.54. The van der Waals surface area contributed by atoms with E-state index in [2.05, 4.69) is 4.99 Å². The largest absolute Gasteiger partial charge is 0.480 e. The first-order chi connectivity index (χ1) is 7.81. The van der Waals surface area contributed by atoms with Crippen molar-refractivity contribution in [1.29, 1.82) is 5.26 Å². The molecule has 0 saturated carbocycles. The number of rotatable bonds is 0. The summed E-state index contributed by atoms with van der Waals surface area (Å²) in [6.45, 7) is 0. The Morgan fingerprint density at radius 2 is 2.19 bits per heavy atom. The maximum atomic E-state index is 9.67. The lowest BCUT2D eigenvalue weighted by Crippen LogP contribution is -2.18. The lowest BCUT2D eigenvalue weighted by atomic mass is 10.1. The summed E-state index contributed by atoms with van der Waals surface area (Å²) in [6.07, 6.45) is 1.23. The fourth-order valence-corrected chi connectivity index (χ4v) is 1.84. The third kappa shape index (κ3) is 0.997. The van der Waals surface area contributed by atoms with Gasteiger partial charge in [0, 0.05) is 5.56 Å². The van der Waals surface area contributed by atoms with Gasteiger partial charge < -0.3 is 9.52 Å². The molecule has 0 saturated heterocycles. The van der Waals surface area contributed by atoms with Gasteiger partial charge in [-0.25, -0.2) is 4.99 Å². The van der Waals surface area contributed by atoms with Crippen LogP contribution >= 0.6 is 0 Å². The summed E-state index contributed by atoms with van der Waals surface area (Å²) in [5.41, 5.74) is 2.48. The summed E-state index contributed by atoms with van der Waals surface area (Å²) in [7, 11) is 0. The molecule has 2 heterocycles. The molecule has 0 unspecified atom stereocenters. The highest BCUT2D eigenvalue weighted by Crippen LogP contribution is 2.36. The third-order valence-corrected chi connectivity index (χ3v) is 2.49. The maximum absolute atomic E-state index is 9.67. The fourth-order valence-electron chi connectivity index (χ4n) is 1.84. The second kappa shape index (κ2) is 2.97. The SMILES string of the molecule is N#CC=c1oc(O)c2c1=Nc1ccccc1-2. The number of furan rings is 1. The molecule has 0 aliphatic carbocycles. The van der Waals surface area contributed by atoms with Crippen LogP contribution in [0.3, 0.4) is 0 Å². The normalized spacial score (nSPS) is 12.8. The van der Waals surface area contributed by atoms with E-state index in [1.165, 1.54) is 6.08 Å². The molecule has 2 aromatic rings. The van der Waals surface area contributed by atoms with Crippen molar-refractivity contribution < 1.29 is 9.52 Å². The molecule has 0 atom stereocenters. The van der Waals surface area contributed by atoms with Crippen LogP contribution in [0.2, 0.25) is 0 Å². The molecule has 3 rings (SSSR count). The first-order valence-corrected chi connectivity index (χ1v) is 4.71. The number of aromatic hydroxyl groups is 1. The van der Waals surface area contributed by atoms with E-state index in [9.17, 15) is 5.11 Å². The smallest absolute Gasteiger partial charge is 0.292 e. The highest BCUT2D eigenvalue weighted by atomic mass is 16.5. The van der Waals surface area contributed by atoms with Gasteiger partial charge in [-0.3, -0.25) is 0 Å². The van der Waals surface area contributed by atoms with Crippen molar-refractivity contribution in [3.63, 3.8) is 0 Å². The first-order valence-electron chi connectivity index (χ1n) is 4.71. The highest BCUT2D eigenvalue weighted by molar-refractivity contribution is 5.81. The standard InChI is InChI=1S/C12H6N2O2/c13-6-5-9-11-10(12(15)16-9)7-3-1-2-4-8(7)14-11/h1-5,15H. The van der Waals surface area contributed by atoms with E-state index < -0.39 is 0 Å². The predicted octanol–water partition coefficient (Wildman–Crippen LogP) is 1.22. The molecule has 4 nitrogen and oxygen atoms in total. The fraction of sp³-hybridized carbons (Fsp3) is 0. The monoisotopic (exact) mass is 210 g/mol. The van der Waals surface area contributed by atoms with Crippen LogP contribution in [0.5, 0.6) is 5.95 Å². The van der Waals surface area contributed by atoms with Gasteiger partial charge in [-0.15, -0.1) is 0 Å². The molecule has 0 amide bonds. The Kier molecular flexibility index (Phi) is 1.62. The Balaban J connectivity index is 2.46. The van der Waals surface area contributed by atoms with Crippen LogP contribution in [-0.2, 0) is 0 Å². The summed E-state index contributed by atoms with van der Waals surface area (Å²) in [5, 5.41) is 18.8. The number of benzene rings is 1. The third-order valence-electron chi connectivity index (χ3n) is 2.49. The maximum Gasteiger partial charge on any atom is 0.292 e. The van der Waals surface area contributed by atoms with E-state index in [1.54, 1.807) is 0 Å². The van der Waals surface area contributed by atoms with Crippen molar-refractivity contribution in [3.8, 4) is 23.1 Å². The van der Waals surface area contributed by atoms with Gasteiger partial charge in [0.15, 0.2) is 5.42 Å². The van der Waals surface area contributed by atoms with Gasteiger partial charge in [0.25, 0.3) is 5.95 Å². The van der Waals surface area contributed by atoms with Crippen LogP contribution in [0.4, 0.5) is 5.69 Å². The summed E-state index contributed by atoms with van der Waals surface area (Å²) >= 11 is 0. The van der Waals surface area contributed by atoms with E-state index >= 15 is 0 Å². The summed E-state index contributed by atoms with van der Waals surface area (Å²) in [6, 6.07) is 9.31. The Morgan fingerprint density at radius 1 is 1.38 bits per heavy atom. The molecular formula is C12H6N2O2. The zero-order valence-corrected chi connectivity index (χ0v) is 8.14. The Bertz CT molecular complexity index is 735. The van der Waals surface area contributed by atoms with Crippen molar-refractivity contribution in [1.82, 2.24) is 0 Å². The molecule has 1 aromatic carbocycles. The number of nitriles is 1. The predicted molar refractivity (Wildman–Crippen MR) is 56.3 cm³/mol. The van der Waals surface area contributed by atoms with Crippen LogP contribution in [0, 0.1) is 11.3 Å². The van der Waals surface area contributed by atoms with E-state index in [0.717, 1.165) is 11.3 Å². The van der Waals surface area contributed by atoms with Gasteiger partial charge in [-0.1, -0.05) is 18.2 Å². The molecule has 76 valence electrons. The lowest BCUT2D eigenvalue weighted by molar-refractivity contribution is 0.323. The molecule has 1 aromatic heterocycles. The molecule has 4 heteroatoms. The Morgan fingerprint density at radius 3 is 3.00 bits per heavy atom. The van der Waals surface area contributed by atoms with Gasteiger partial charge in [0.05, 0.1) is 23.4 Å².